The number of hydrogen-bond donors (Lipinski definition) is 1. The van der Waals surface area contributed by atoms with Crippen LogP contribution in [0.5, 0.6) is 11.5 Å². The van der Waals surface area contributed by atoms with E-state index in [0.717, 1.165) is 11.3 Å². The highest BCUT2D eigenvalue weighted by atomic mass is 35.5. The molecule has 1 heterocycles. The minimum atomic E-state index is -0.141. The minimum Gasteiger partial charge on any atom is -0.493 e. The van der Waals surface area contributed by atoms with Crippen molar-refractivity contribution in [3.8, 4) is 22.8 Å². The number of rotatable bonds is 6. The molecule has 0 aliphatic heterocycles. The summed E-state index contributed by atoms with van der Waals surface area (Å²) in [5.41, 5.74) is 1.66. The number of carbonyl (C=O) groups is 1. The fraction of sp³-hybridized carbons (Fsp3) is 0.286. The lowest BCUT2D eigenvalue weighted by atomic mass is 10.1. The van der Waals surface area contributed by atoms with E-state index in [1.807, 2.05) is 23.6 Å². The van der Waals surface area contributed by atoms with E-state index in [1.54, 1.807) is 14.2 Å². The van der Waals surface area contributed by atoms with Gasteiger partial charge < -0.3 is 14.8 Å². The molecule has 0 spiro atoms. The van der Waals surface area contributed by atoms with Crippen molar-refractivity contribution in [2.24, 2.45) is 0 Å². The number of hydrogen-bond acceptors (Lipinski definition) is 5. The van der Waals surface area contributed by atoms with Gasteiger partial charge in [-0.2, -0.15) is 0 Å². The van der Waals surface area contributed by atoms with Crippen molar-refractivity contribution in [2.45, 2.75) is 6.42 Å². The molecule has 0 atom stereocenters. The van der Waals surface area contributed by atoms with Crippen LogP contribution in [0, 0.1) is 0 Å². The van der Waals surface area contributed by atoms with E-state index in [4.69, 9.17) is 21.1 Å². The Morgan fingerprint density at radius 2 is 2.10 bits per heavy atom. The van der Waals surface area contributed by atoms with Gasteiger partial charge in [-0.15, -0.1) is 22.9 Å². The molecule has 21 heavy (non-hydrogen) atoms. The third-order valence-electron chi connectivity index (χ3n) is 2.75. The number of anilines is 1. The number of ether oxygens (including phenoxy) is 2. The first-order chi connectivity index (χ1) is 10.2. The lowest BCUT2D eigenvalue weighted by Gasteiger charge is -2.08. The van der Waals surface area contributed by atoms with Crippen LogP contribution in [0.2, 0.25) is 0 Å². The van der Waals surface area contributed by atoms with E-state index < -0.39 is 0 Å². The number of nitrogens with one attached hydrogen (secondary N) is 1. The fourth-order valence-electron chi connectivity index (χ4n) is 1.73. The standard InChI is InChI=1S/C14H15ClN2O3S/c1-19-11-4-3-9(7-12(11)20-2)10-8-21-14(16-10)17-13(18)5-6-15/h3-4,7-8H,5-6H2,1-2H3,(H,16,17,18). The molecule has 112 valence electrons. The zero-order valence-corrected chi connectivity index (χ0v) is 13.3. The molecule has 2 rings (SSSR count). The van der Waals surface area contributed by atoms with Crippen LogP contribution >= 0.6 is 22.9 Å². The average molecular weight is 327 g/mol. The first-order valence-electron chi connectivity index (χ1n) is 6.21. The normalized spacial score (nSPS) is 10.2. The zero-order valence-electron chi connectivity index (χ0n) is 11.7. The van der Waals surface area contributed by atoms with Crippen LogP contribution in [-0.4, -0.2) is 31.0 Å². The van der Waals surface area contributed by atoms with Crippen LogP contribution in [0.4, 0.5) is 5.13 Å². The predicted molar refractivity (Wildman–Crippen MR) is 84.6 cm³/mol. The summed E-state index contributed by atoms with van der Waals surface area (Å²) in [7, 11) is 3.17. The summed E-state index contributed by atoms with van der Waals surface area (Å²) in [5.74, 6) is 1.45. The van der Waals surface area contributed by atoms with Crippen molar-refractivity contribution in [1.82, 2.24) is 4.98 Å². The highest BCUT2D eigenvalue weighted by Gasteiger charge is 2.10. The molecule has 7 heteroatoms. The van der Waals surface area contributed by atoms with Gasteiger partial charge in [0.05, 0.1) is 19.9 Å². The molecule has 0 aliphatic rings. The molecule has 0 radical (unpaired) electrons. The molecule has 0 saturated heterocycles. The smallest absolute Gasteiger partial charge is 0.227 e. The van der Waals surface area contributed by atoms with Crippen LogP contribution in [0.3, 0.4) is 0 Å². The van der Waals surface area contributed by atoms with Gasteiger partial charge in [0.1, 0.15) is 0 Å². The Kier molecular flexibility index (Phi) is 5.41. The molecule has 1 N–H and O–H groups in total. The SMILES string of the molecule is COc1ccc(-c2csc(NC(=O)CCCl)n2)cc1OC. The molecular weight excluding hydrogens is 312 g/mol. The van der Waals surface area contributed by atoms with E-state index in [-0.39, 0.29) is 12.3 Å². The Hall–Kier alpha value is -1.79. The number of aromatic nitrogens is 1. The van der Waals surface area contributed by atoms with Crippen LogP contribution in [0.25, 0.3) is 11.3 Å². The molecule has 0 aliphatic carbocycles. The summed E-state index contributed by atoms with van der Waals surface area (Å²) >= 11 is 6.89. The van der Waals surface area contributed by atoms with Gasteiger partial charge in [-0.05, 0) is 18.2 Å². The van der Waals surface area contributed by atoms with Crippen LogP contribution in [0.1, 0.15) is 6.42 Å². The second-order valence-electron chi connectivity index (χ2n) is 4.09. The predicted octanol–water partition coefficient (Wildman–Crippen LogP) is 3.39. The summed E-state index contributed by atoms with van der Waals surface area (Å²) in [5, 5.41) is 5.14. The van der Waals surface area contributed by atoms with Gasteiger partial charge in [0.15, 0.2) is 16.6 Å². The molecular formula is C14H15ClN2O3S. The highest BCUT2D eigenvalue weighted by molar-refractivity contribution is 7.14. The van der Waals surface area contributed by atoms with Gasteiger partial charge in [0, 0.05) is 23.2 Å². The number of benzene rings is 1. The Morgan fingerprint density at radius 1 is 1.33 bits per heavy atom. The minimum absolute atomic E-state index is 0.141. The van der Waals surface area contributed by atoms with Gasteiger partial charge in [-0.25, -0.2) is 4.98 Å². The first kappa shape index (κ1) is 15.6. The molecule has 0 saturated carbocycles. The van der Waals surface area contributed by atoms with Crippen molar-refractivity contribution in [3.63, 3.8) is 0 Å². The molecule has 0 unspecified atom stereocenters. The Labute approximate surface area is 131 Å². The van der Waals surface area contributed by atoms with Gasteiger partial charge in [-0.3, -0.25) is 4.79 Å². The van der Waals surface area contributed by atoms with Gasteiger partial charge in [0.25, 0.3) is 0 Å². The maximum absolute atomic E-state index is 11.5. The molecule has 0 bridgehead atoms. The largest absolute Gasteiger partial charge is 0.493 e. The molecule has 2 aromatic rings. The Morgan fingerprint density at radius 3 is 2.76 bits per heavy atom. The summed E-state index contributed by atoms with van der Waals surface area (Å²) in [6.07, 6.45) is 0.271. The number of carbonyl (C=O) groups excluding carboxylic acids is 1. The van der Waals surface area contributed by atoms with Crippen molar-refractivity contribution in [1.29, 1.82) is 0 Å². The fourth-order valence-corrected chi connectivity index (χ4v) is 2.63. The van der Waals surface area contributed by atoms with Crippen molar-refractivity contribution in [2.75, 3.05) is 25.4 Å². The van der Waals surface area contributed by atoms with E-state index >= 15 is 0 Å². The first-order valence-corrected chi connectivity index (χ1v) is 7.63. The van der Waals surface area contributed by atoms with E-state index in [1.165, 1.54) is 11.3 Å². The number of amides is 1. The third kappa shape index (κ3) is 3.86. The van der Waals surface area contributed by atoms with E-state index in [0.29, 0.717) is 22.5 Å². The molecule has 0 fully saturated rings. The maximum atomic E-state index is 11.5. The van der Waals surface area contributed by atoms with Gasteiger partial charge in [-0.1, -0.05) is 0 Å². The molecule has 1 aromatic heterocycles. The molecule has 1 amide bonds. The number of methoxy groups -OCH3 is 2. The van der Waals surface area contributed by atoms with Crippen molar-refractivity contribution < 1.29 is 14.3 Å². The third-order valence-corrected chi connectivity index (χ3v) is 3.70. The monoisotopic (exact) mass is 326 g/mol. The number of nitrogens with zero attached hydrogens (tertiary/aromatic N) is 1. The zero-order chi connectivity index (χ0) is 15.2. The van der Waals surface area contributed by atoms with Crippen LogP contribution < -0.4 is 14.8 Å². The molecule has 1 aromatic carbocycles. The van der Waals surface area contributed by atoms with Crippen LogP contribution in [0.15, 0.2) is 23.6 Å². The second-order valence-corrected chi connectivity index (χ2v) is 5.33. The number of halogens is 1. The van der Waals surface area contributed by atoms with Crippen molar-refractivity contribution >= 4 is 34.0 Å². The van der Waals surface area contributed by atoms with Crippen molar-refractivity contribution in [3.05, 3.63) is 23.6 Å². The summed E-state index contributed by atoms with van der Waals surface area (Å²) < 4.78 is 10.5. The number of thiazole rings is 1. The highest BCUT2D eigenvalue weighted by Crippen LogP contribution is 2.33. The lowest BCUT2D eigenvalue weighted by molar-refractivity contribution is -0.115. The molecule has 5 nitrogen and oxygen atoms in total. The van der Waals surface area contributed by atoms with Gasteiger partial charge in [0.2, 0.25) is 5.91 Å². The van der Waals surface area contributed by atoms with E-state index in [9.17, 15) is 4.79 Å². The van der Waals surface area contributed by atoms with Crippen LogP contribution in [-0.2, 0) is 4.79 Å². The maximum Gasteiger partial charge on any atom is 0.227 e. The Bertz CT molecular complexity index is 630. The summed E-state index contributed by atoms with van der Waals surface area (Å²) in [6.45, 7) is 0. The Balaban J connectivity index is 2.19. The summed E-state index contributed by atoms with van der Waals surface area (Å²) in [4.78, 5) is 15.9. The second kappa shape index (κ2) is 7.28. The summed E-state index contributed by atoms with van der Waals surface area (Å²) in [6, 6.07) is 5.55. The lowest BCUT2D eigenvalue weighted by Crippen LogP contribution is -2.11. The topological polar surface area (TPSA) is 60.5 Å². The quantitative estimate of drug-likeness (QED) is 0.826. The van der Waals surface area contributed by atoms with Gasteiger partial charge >= 0.3 is 0 Å². The van der Waals surface area contributed by atoms with E-state index in [2.05, 4.69) is 10.3 Å². The average Bonchev–Trinajstić information content (AvgIpc) is 2.95. The number of alkyl halides is 1.